The third kappa shape index (κ3) is 4.15. The minimum Gasteiger partial charge on any atom is -0.475 e. The van der Waals surface area contributed by atoms with Gasteiger partial charge in [-0.1, -0.05) is 0 Å². The van der Waals surface area contributed by atoms with Crippen LogP contribution in [0.2, 0.25) is 0 Å². The molecule has 0 amide bonds. The van der Waals surface area contributed by atoms with E-state index in [1.165, 1.54) is 12.1 Å². The molecule has 0 spiro atoms. The Hall–Kier alpha value is -1.92. The van der Waals surface area contributed by atoms with Crippen LogP contribution in [-0.4, -0.2) is 48.5 Å². The summed E-state index contributed by atoms with van der Waals surface area (Å²) in [6.07, 6.45) is 0. The number of benzene rings is 1. The molecule has 6 heteroatoms. The number of aliphatic hydroxyl groups excluding tert-OH is 2. The van der Waals surface area contributed by atoms with Gasteiger partial charge in [-0.2, -0.15) is 0 Å². The monoisotopic (exact) mass is 253 g/mol. The highest BCUT2D eigenvalue weighted by Crippen LogP contribution is 2.07. The fraction of sp³-hybridized carbons (Fsp3) is 0.333. The summed E-state index contributed by atoms with van der Waals surface area (Å²) in [6.45, 7) is -0.368. The van der Waals surface area contributed by atoms with Gasteiger partial charge in [0.25, 0.3) is 0 Å². The van der Waals surface area contributed by atoms with Crippen LogP contribution in [-0.2, 0) is 9.47 Å². The lowest BCUT2D eigenvalue weighted by Crippen LogP contribution is -2.11. The Kier molecular flexibility index (Phi) is 5.83. The van der Waals surface area contributed by atoms with E-state index in [0.717, 1.165) is 0 Å². The molecule has 0 radical (unpaired) electrons. The van der Waals surface area contributed by atoms with Crippen molar-refractivity contribution >= 4 is 11.9 Å². The van der Waals surface area contributed by atoms with Crippen molar-refractivity contribution in [2.75, 3.05) is 26.4 Å². The highest BCUT2D eigenvalue weighted by Gasteiger charge is 2.08. The molecule has 1 aromatic carbocycles. The Morgan fingerprint density at radius 2 is 1.50 bits per heavy atom. The van der Waals surface area contributed by atoms with Crippen LogP contribution in [0.25, 0.3) is 0 Å². The zero-order chi connectivity index (χ0) is 13.4. The number of hydrogen-bond acceptors (Lipinski definition) is 6. The molecule has 0 heterocycles. The molecule has 0 aromatic heterocycles. The molecule has 18 heavy (non-hydrogen) atoms. The van der Waals surface area contributed by atoms with E-state index in [1.807, 2.05) is 0 Å². The lowest BCUT2D eigenvalue weighted by Gasteiger charge is -2.07. The third-order valence-corrected chi connectivity index (χ3v) is 2.04. The maximum atomic E-state index is 11.4. The molecule has 3 N–H and O–H groups in total. The third-order valence-electron chi connectivity index (χ3n) is 2.04. The fourth-order valence-corrected chi connectivity index (χ4v) is 1.21. The predicted molar refractivity (Wildman–Crippen MR) is 63.7 cm³/mol. The van der Waals surface area contributed by atoms with Gasteiger partial charge in [0.15, 0.2) is 0 Å². The van der Waals surface area contributed by atoms with Gasteiger partial charge in [0.1, 0.15) is 13.2 Å². The van der Waals surface area contributed by atoms with Gasteiger partial charge in [0.2, 0.25) is 5.90 Å². The molecule has 0 aliphatic heterocycles. The van der Waals surface area contributed by atoms with Crippen LogP contribution in [0.4, 0.5) is 0 Å². The van der Waals surface area contributed by atoms with Crippen LogP contribution < -0.4 is 0 Å². The van der Waals surface area contributed by atoms with E-state index in [1.54, 1.807) is 12.1 Å². The van der Waals surface area contributed by atoms with Gasteiger partial charge in [-0.15, -0.1) is 0 Å². The second-order valence-electron chi connectivity index (χ2n) is 3.34. The minimum atomic E-state index is -0.529. The van der Waals surface area contributed by atoms with Crippen LogP contribution in [0.3, 0.4) is 0 Å². The quantitative estimate of drug-likeness (QED) is 0.381. The number of hydrogen-bond donors (Lipinski definition) is 3. The van der Waals surface area contributed by atoms with Crippen LogP contribution in [0.1, 0.15) is 15.9 Å². The van der Waals surface area contributed by atoms with Gasteiger partial charge < -0.3 is 19.7 Å². The molecular formula is C12H15NO5. The number of carbonyl (C=O) groups is 1. The Morgan fingerprint density at radius 1 is 1.00 bits per heavy atom. The standard InChI is InChI=1S/C12H15NO5/c13-11(17-7-5-14)9-1-3-10(4-2-9)12(16)18-8-6-15/h1-4,13-15H,5-8H2. The van der Waals surface area contributed by atoms with E-state index < -0.39 is 5.97 Å². The fourth-order valence-electron chi connectivity index (χ4n) is 1.21. The number of esters is 1. The molecule has 0 fully saturated rings. The Balaban J connectivity index is 2.62. The predicted octanol–water partition coefficient (Wildman–Crippen LogP) is 0.170. The van der Waals surface area contributed by atoms with Crippen molar-refractivity contribution in [3.63, 3.8) is 0 Å². The van der Waals surface area contributed by atoms with Crippen molar-refractivity contribution in [3.8, 4) is 0 Å². The van der Waals surface area contributed by atoms with Crippen molar-refractivity contribution in [2.45, 2.75) is 0 Å². The molecule has 0 atom stereocenters. The normalized spacial score (nSPS) is 9.89. The van der Waals surface area contributed by atoms with Crippen molar-refractivity contribution in [3.05, 3.63) is 35.4 Å². The van der Waals surface area contributed by atoms with Crippen molar-refractivity contribution in [1.29, 1.82) is 5.41 Å². The number of ether oxygens (including phenoxy) is 2. The molecule has 98 valence electrons. The average Bonchev–Trinajstić information content (AvgIpc) is 2.42. The van der Waals surface area contributed by atoms with Crippen LogP contribution >= 0.6 is 0 Å². The lowest BCUT2D eigenvalue weighted by atomic mass is 10.1. The molecule has 0 aliphatic carbocycles. The largest absolute Gasteiger partial charge is 0.475 e. The summed E-state index contributed by atoms with van der Waals surface area (Å²) in [5.41, 5.74) is 0.837. The number of aliphatic hydroxyl groups is 2. The number of rotatable bonds is 6. The first kappa shape index (κ1) is 14.1. The number of carbonyl (C=O) groups excluding carboxylic acids is 1. The van der Waals surface area contributed by atoms with Crippen LogP contribution in [0.5, 0.6) is 0 Å². The highest BCUT2D eigenvalue weighted by molar-refractivity contribution is 5.94. The van der Waals surface area contributed by atoms with E-state index in [0.29, 0.717) is 11.1 Å². The summed E-state index contributed by atoms with van der Waals surface area (Å²) >= 11 is 0. The molecule has 6 nitrogen and oxygen atoms in total. The molecule has 0 saturated carbocycles. The molecule has 1 aromatic rings. The van der Waals surface area contributed by atoms with E-state index >= 15 is 0 Å². The Bertz CT molecular complexity index is 362. The van der Waals surface area contributed by atoms with Crippen molar-refractivity contribution in [2.24, 2.45) is 0 Å². The SMILES string of the molecule is N=C(OCCO)c1ccc(C(=O)OCCO)cc1. The van der Waals surface area contributed by atoms with E-state index in [4.69, 9.17) is 25.1 Å². The zero-order valence-electron chi connectivity index (χ0n) is 9.76. The van der Waals surface area contributed by atoms with E-state index in [-0.39, 0.29) is 32.3 Å². The van der Waals surface area contributed by atoms with Gasteiger partial charge in [-0.05, 0) is 24.3 Å². The Morgan fingerprint density at radius 3 is 2.06 bits per heavy atom. The molecule has 1 rings (SSSR count). The first-order valence-electron chi connectivity index (χ1n) is 5.39. The average molecular weight is 253 g/mol. The van der Waals surface area contributed by atoms with E-state index in [2.05, 4.69) is 0 Å². The summed E-state index contributed by atoms with van der Waals surface area (Å²) < 4.78 is 9.66. The summed E-state index contributed by atoms with van der Waals surface area (Å²) in [4.78, 5) is 11.4. The summed E-state index contributed by atoms with van der Waals surface area (Å²) in [6, 6.07) is 6.11. The molecule has 0 aliphatic rings. The Labute approximate surface area is 104 Å². The highest BCUT2D eigenvalue weighted by atomic mass is 16.5. The second-order valence-corrected chi connectivity index (χ2v) is 3.34. The summed E-state index contributed by atoms with van der Waals surface area (Å²) in [5.74, 6) is -0.599. The number of nitrogens with one attached hydrogen (secondary N) is 1. The molecule has 0 bridgehead atoms. The maximum absolute atomic E-state index is 11.4. The van der Waals surface area contributed by atoms with Crippen molar-refractivity contribution in [1.82, 2.24) is 0 Å². The molecule has 0 saturated heterocycles. The molecular weight excluding hydrogens is 238 g/mol. The smallest absolute Gasteiger partial charge is 0.338 e. The first-order chi connectivity index (χ1) is 8.69. The molecule has 0 unspecified atom stereocenters. The lowest BCUT2D eigenvalue weighted by molar-refractivity contribution is 0.0433. The second kappa shape index (κ2) is 7.41. The zero-order valence-corrected chi connectivity index (χ0v) is 9.76. The summed E-state index contributed by atoms with van der Waals surface area (Å²) in [5, 5.41) is 24.6. The summed E-state index contributed by atoms with van der Waals surface area (Å²) in [7, 11) is 0. The minimum absolute atomic E-state index is 0.0456. The first-order valence-corrected chi connectivity index (χ1v) is 5.39. The van der Waals surface area contributed by atoms with Crippen LogP contribution in [0.15, 0.2) is 24.3 Å². The van der Waals surface area contributed by atoms with Gasteiger partial charge in [0.05, 0.1) is 18.8 Å². The topological polar surface area (TPSA) is 99.8 Å². The van der Waals surface area contributed by atoms with Gasteiger partial charge in [-0.25, -0.2) is 4.79 Å². The van der Waals surface area contributed by atoms with Gasteiger partial charge in [-0.3, -0.25) is 5.41 Å². The van der Waals surface area contributed by atoms with Crippen molar-refractivity contribution < 1.29 is 24.5 Å². The van der Waals surface area contributed by atoms with Crippen LogP contribution in [0, 0.1) is 5.41 Å². The maximum Gasteiger partial charge on any atom is 0.338 e. The van der Waals surface area contributed by atoms with Gasteiger partial charge in [0, 0.05) is 5.56 Å². The van der Waals surface area contributed by atoms with E-state index in [9.17, 15) is 4.79 Å². The van der Waals surface area contributed by atoms with Gasteiger partial charge >= 0.3 is 5.97 Å².